The molecule has 2 rings (SSSR count). The van der Waals surface area contributed by atoms with Crippen molar-refractivity contribution in [3.05, 3.63) is 42.9 Å². The molecule has 2 heterocycles. The highest BCUT2D eigenvalue weighted by Gasteiger charge is 2.19. The molecule has 0 aliphatic rings. The van der Waals surface area contributed by atoms with Crippen LogP contribution in [0.5, 0.6) is 0 Å². The van der Waals surface area contributed by atoms with Gasteiger partial charge in [0.25, 0.3) is 0 Å². The van der Waals surface area contributed by atoms with Gasteiger partial charge in [0.2, 0.25) is 5.91 Å². The number of carbonyl (C=O) groups excluding carboxylic acids is 1. The van der Waals surface area contributed by atoms with Gasteiger partial charge in [0.05, 0.1) is 9.35 Å². The van der Waals surface area contributed by atoms with E-state index in [2.05, 4.69) is 21.2 Å². The predicted octanol–water partition coefficient (Wildman–Crippen LogP) is 4.54. The number of hydrogen-bond donors (Lipinski definition) is 2. The van der Waals surface area contributed by atoms with E-state index in [0.29, 0.717) is 10.6 Å². The summed E-state index contributed by atoms with van der Waals surface area (Å²) in [6, 6.07) is 3.79. The third-order valence-corrected chi connectivity index (χ3v) is 5.54. The van der Waals surface area contributed by atoms with E-state index in [1.54, 1.807) is 13.0 Å². The zero-order chi connectivity index (χ0) is 15.6. The lowest BCUT2D eigenvalue weighted by Gasteiger charge is -2.01. The highest BCUT2D eigenvalue weighted by Crippen LogP contribution is 2.32. The van der Waals surface area contributed by atoms with Crippen molar-refractivity contribution in [1.82, 2.24) is 0 Å². The molecule has 2 aromatic rings. The summed E-state index contributed by atoms with van der Waals surface area (Å²) in [5.41, 5.74) is 0.854. The lowest BCUT2D eigenvalue weighted by Crippen LogP contribution is -2.10. The van der Waals surface area contributed by atoms with Crippen LogP contribution in [0, 0.1) is 13.8 Å². The lowest BCUT2D eigenvalue weighted by atomic mass is 10.1. The number of nitrogens with one attached hydrogen (secondary N) is 1. The first-order valence-electron chi connectivity index (χ1n) is 5.96. The summed E-state index contributed by atoms with van der Waals surface area (Å²) in [6.45, 7) is 3.57. The summed E-state index contributed by atoms with van der Waals surface area (Å²) in [6.07, 6.45) is 3.09. The van der Waals surface area contributed by atoms with Gasteiger partial charge in [0, 0.05) is 15.8 Å². The summed E-state index contributed by atoms with van der Waals surface area (Å²) in [4.78, 5) is 25.0. The Bertz CT molecular complexity index is 731. The number of aryl methyl sites for hydroxylation is 1. The fourth-order valence-electron chi connectivity index (χ4n) is 1.70. The number of halogens is 1. The number of anilines is 1. The number of amides is 1. The zero-order valence-corrected chi connectivity index (χ0v) is 14.5. The summed E-state index contributed by atoms with van der Waals surface area (Å²) in [5, 5.41) is 12.2. The van der Waals surface area contributed by atoms with E-state index in [9.17, 15) is 14.7 Å². The molecule has 2 aromatic heterocycles. The predicted molar refractivity (Wildman–Crippen MR) is 90.4 cm³/mol. The maximum absolute atomic E-state index is 11.9. The van der Waals surface area contributed by atoms with Crippen LogP contribution in [0.1, 0.15) is 25.7 Å². The molecule has 0 spiro atoms. The molecule has 0 fully saturated rings. The minimum Gasteiger partial charge on any atom is -0.478 e. The van der Waals surface area contributed by atoms with Gasteiger partial charge >= 0.3 is 5.97 Å². The highest BCUT2D eigenvalue weighted by molar-refractivity contribution is 9.11. The molecule has 4 nitrogen and oxygen atoms in total. The van der Waals surface area contributed by atoms with Crippen molar-refractivity contribution in [2.75, 3.05) is 5.32 Å². The summed E-state index contributed by atoms with van der Waals surface area (Å²) in [5.74, 6) is -1.37. The number of aromatic carboxylic acids is 1. The maximum atomic E-state index is 11.9. The van der Waals surface area contributed by atoms with Gasteiger partial charge in [-0.2, -0.15) is 0 Å². The van der Waals surface area contributed by atoms with Crippen molar-refractivity contribution in [1.29, 1.82) is 0 Å². The molecule has 0 bridgehead atoms. The van der Waals surface area contributed by atoms with Crippen LogP contribution in [0.3, 0.4) is 0 Å². The number of carboxylic acid groups (broad SMARTS) is 1. The van der Waals surface area contributed by atoms with E-state index in [0.717, 1.165) is 13.5 Å². The van der Waals surface area contributed by atoms with Crippen molar-refractivity contribution in [2.45, 2.75) is 13.8 Å². The number of rotatable bonds is 4. The van der Waals surface area contributed by atoms with Gasteiger partial charge in [0.15, 0.2) is 0 Å². The van der Waals surface area contributed by atoms with Crippen LogP contribution >= 0.6 is 38.6 Å². The maximum Gasteiger partial charge on any atom is 0.338 e. The van der Waals surface area contributed by atoms with Crippen molar-refractivity contribution in [3.63, 3.8) is 0 Å². The van der Waals surface area contributed by atoms with Crippen LogP contribution in [0.4, 0.5) is 5.00 Å². The molecule has 21 heavy (non-hydrogen) atoms. The van der Waals surface area contributed by atoms with Gasteiger partial charge in [-0.1, -0.05) is 0 Å². The first-order chi connectivity index (χ1) is 9.88. The molecule has 0 saturated heterocycles. The van der Waals surface area contributed by atoms with Crippen molar-refractivity contribution >= 4 is 61.6 Å². The smallest absolute Gasteiger partial charge is 0.338 e. The van der Waals surface area contributed by atoms with Gasteiger partial charge in [-0.15, -0.1) is 22.7 Å². The molecule has 0 atom stereocenters. The van der Waals surface area contributed by atoms with Crippen LogP contribution in [-0.4, -0.2) is 17.0 Å². The molecule has 2 N–H and O–H groups in total. The van der Waals surface area contributed by atoms with Crippen LogP contribution in [0.15, 0.2) is 22.0 Å². The summed E-state index contributed by atoms with van der Waals surface area (Å²) >= 11 is 6.13. The van der Waals surface area contributed by atoms with Crippen LogP contribution < -0.4 is 5.32 Å². The third-order valence-electron chi connectivity index (χ3n) is 2.83. The fourth-order valence-corrected chi connectivity index (χ4v) is 4.08. The number of carbonyl (C=O) groups is 2. The van der Waals surface area contributed by atoms with E-state index in [1.165, 1.54) is 28.7 Å². The normalized spacial score (nSPS) is 11.0. The van der Waals surface area contributed by atoms with Crippen LogP contribution in [-0.2, 0) is 4.79 Å². The first-order valence-corrected chi connectivity index (χ1v) is 8.38. The van der Waals surface area contributed by atoms with E-state index in [-0.39, 0.29) is 11.5 Å². The Morgan fingerprint density at radius 1 is 1.29 bits per heavy atom. The van der Waals surface area contributed by atoms with E-state index >= 15 is 0 Å². The summed E-state index contributed by atoms with van der Waals surface area (Å²) < 4.78 is 0.986. The van der Waals surface area contributed by atoms with E-state index < -0.39 is 5.97 Å². The number of carboxylic acids is 1. The van der Waals surface area contributed by atoms with Gasteiger partial charge < -0.3 is 10.4 Å². The van der Waals surface area contributed by atoms with Crippen LogP contribution in [0.25, 0.3) is 6.08 Å². The number of thiophene rings is 2. The largest absolute Gasteiger partial charge is 0.478 e. The van der Waals surface area contributed by atoms with Gasteiger partial charge in [-0.25, -0.2) is 4.79 Å². The average Bonchev–Trinajstić information content (AvgIpc) is 2.92. The molecule has 0 radical (unpaired) electrons. The Hall–Kier alpha value is -1.44. The first kappa shape index (κ1) is 15.9. The van der Waals surface area contributed by atoms with Gasteiger partial charge in [0.1, 0.15) is 5.00 Å². The lowest BCUT2D eigenvalue weighted by molar-refractivity contribution is -0.111. The molecular formula is C14H12BrNO3S2. The molecule has 0 aliphatic heterocycles. The Balaban J connectivity index is 2.15. The Morgan fingerprint density at radius 3 is 2.57 bits per heavy atom. The molecule has 110 valence electrons. The molecule has 7 heteroatoms. The number of hydrogen-bond acceptors (Lipinski definition) is 4. The van der Waals surface area contributed by atoms with Crippen molar-refractivity contribution in [3.8, 4) is 0 Å². The van der Waals surface area contributed by atoms with Crippen molar-refractivity contribution < 1.29 is 14.7 Å². The fraction of sp³-hybridized carbons (Fsp3) is 0.143. The van der Waals surface area contributed by atoms with Crippen LogP contribution in [0.2, 0.25) is 0 Å². The molecule has 1 amide bonds. The Morgan fingerprint density at radius 2 is 2.00 bits per heavy atom. The van der Waals surface area contributed by atoms with Gasteiger partial charge in [-0.05, 0) is 53.5 Å². The van der Waals surface area contributed by atoms with E-state index in [1.807, 2.05) is 19.1 Å². The topological polar surface area (TPSA) is 66.4 Å². The Kier molecular flexibility index (Phi) is 4.97. The molecular weight excluding hydrogens is 374 g/mol. The minimum absolute atomic E-state index is 0.165. The Labute approximate surface area is 138 Å². The van der Waals surface area contributed by atoms with Gasteiger partial charge in [-0.3, -0.25) is 4.79 Å². The van der Waals surface area contributed by atoms with Crippen molar-refractivity contribution in [2.24, 2.45) is 0 Å². The quantitative estimate of drug-likeness (QED) is 0.759. The molecule has 0 aromatic carbocycles. The zero-order valence-electron chi connectivity index (χ0n) is 11.3. The highest BCUT2D eigenvalue weighted by atomic mass is 79.9. The SMILES string of the molecule is Cc1sc(NC(=O)/C=C/c2ccc(Br)s2)c(C(=O)O)c1C. The second-order valence-corrected chi connectivity index (χ2v) is 7.98. The monoisotopic (exact) mass is 385 g/mol. The molecule has 0 unspecified atom stereocenters. The minimum atomic E-state index is -1.03. The van der Waals surface area contributed by atoms with E-state index in [4.69, 9.17) is 0 Å². The molecule has 0 aliphatic carbocycles. The standard InChI is InChI=1S/C14H12BrNO3S2/c1-7-8(2)20-13(12(7)14(18)19)16-11(17)6-4-9-3-5-10(15)21-9/h3-6H,1-2H3,(H,16,17)(H,18,19)/b6-4+. The second kappa shape index (κ2) is 6.55. The second-order valence-electron chi connectivity index (χ2n) is 4.26. The molecule has 0 saturated carbocycles. The summed E-state index contributed by atoms with van der Waals surface area (Å²) in [7, 11) is 0. The average molecular weight is 386 g/mol. The third kappa shape index (κ3) is 3.81.